The molecule has 6 nitrogen and oxygen atoms in total. The maximum atomic E-state index is 10.6. The van der Waals surface area contributed by atoms with Crippen molar-refractivity contribution in [2.24, 2.45) is 0 Å². The van der Waals surface area contributed by atoms with Gasteiger partial charge in [-0.2, -0.15) is 5.10 Å². The second kappa shape index (κ2) is 9.02. The van der Waals surface area contributed by atoms with Gasteiger partial charge in [-0.25, -0.2) is 0 Å². The van der Waals surface area contributed by atoms with Gasteiger partial charge in [-0.15, -0.1) is 0 Å². The Hall–Kier alpha value is -3.64. The van der Waals surface area contributed by atoms with Crippen LogP contribution in [-0.2, 0) is 6.61 Å². The van der Waals surface area contributed by atoms with Gasteiger partial charge in [-0.1, -0.05) is 35.9 Å². The lowest BCUT2D eigenvalue weighted by Crippen LogP contribution is -1.95. The number of nitrogens with zero attached hydrogens (tertiary/aromatic N) is 1. The molecule has 0 spiro atoms. The zero-order valence-electron chi connectivity index (χ0n) is 17.1. The minimum Gasteiger partial charge on any atom is -0.507 e. The predicted octanol–water partition coefficient (Wildman–Crippen LogP) is 6.12. The summed E-state index contributed by atoms with van der Waals surface area (Å²) < 4.78 is 17.2. The summed E-state index contributed by atoms with van der Waals surface area (Å²) in [6.07, 6.45) is 0. The second-order valence-electron chi connectivity index (χ2n) is 6.87. The summed E-state index contributed by atoms with van der Waals surface area (Å²) in [5.74, 6) is 2.23. The largest absolute Gasteiger partial charge is 0.507 e. The average Bonchev–Trinajstić information content (AvgIpc) is 3.14. The number of benzene rings is 3. The van der Waals surface area contributed by atoms with Gasteiger partial charge in [0.25, 0.3) is 0 Å². The van der Waals surface area contributed by atoms with Crippen LogP contribution >= 0.6 is 11.6 Å². The van der Waals surface area contributed by atoms with Gasteiger partial charge in [-0.3, -0.25) is 5.10 Å². The first-order valence-corrected chi connectivity index (χ1v) is 9.99. The summed E-state index contributed by atoms with van der Waals surface area (Å²) in [4.78, 5) is 0. The average molecular weight is 437 g/mol. The monoisotopic (exact) mass is 436 g/mol. The molecule has 0 aliphatic carbocycles. The van der Waals surface area contributed by atoms with Crippen LogP contribution in [0.2, 0.25) is 5.02 Å². The van der Waals surface area contributed by atoms with Crippen LogP contribution in [0.1, 0.15) is 11.3 Å². The number of aromatic nitrogens is 2. The molecule has 4 aromatic rings. The van der Waals surface area contributed by atoms with Gasteiger partial charge in [-0.05, 0) is 48.9 Å². The van der Waals surface area contributed by atoms with E-state index in [4.69, 9.17) is 25.8 Å². The molecule has 0 radical (unpaired) electrons. The van der Waals surface area contributed by atoms with E-state index in [0.717, 1.165) is 11.3 Å². The van der Waals surface area contributed by atoms with E-state index in [1.165, 1.54) is 0 Å². The summed E-state index contributed by atoms with van der Waals surface area (Å²) in [5.41, 5.74) is 2.71. The highest BCUT2D eigenvalue weighted by Gasteiger charge is 2.19. The smallest absolute Gasteiger partial charge is 0.176 e. The van der Waals surface area contributed by atoms with Gasteiger partial charge in [0.05, 0.1) is 12.8 Å². The third-order valence-electron chi connectivity index (χ3n) is 4.72. The third-order valence-corrected chi connectivity index (χ3v) is 4.97. The molecule has 3 aromatic carbocycles. The van der Waals surface area contributed by atoms with Crippen LogP contribution in [0.25, 0.3) is 11.3 Å². The van der Waals surface area contributed by atoms with Gasteiger partial charge in [0, 0.05) is 16.7 Å². The van der Waals surface area contributed by atoms with Gasteiger partial charge in [0.15, 0.2) is 17.2 Å². The number of phenolic OH excluding ortho intramolecular Hbond substituents is 1. The first-order chi connectivity index (χ1) is 15.0. The number of hydrogen-bond acceptors (Lipinski definition) is 5. The Balaban J connectivity index is 1.57. The van der Waals surface area contributed by atoms with Gasteiger partial charge in [0.1, 0.15) is 23.8 Å². The molecule has 2 N–H and O–H groups in total. The van der Waals surface area contributed by atoms with Crippen LogP contribution < -0.4 is 14.2 Å². The van der Waals surface area contributed by atoms with Crippen molar-refractivity contribution in [1.82, 2.24) is 10.2 Å². The third kappa shape index (κ3) is 4.59. The normalized spacial score (nSPS) is 10.7. The minimum absolute atomic E-state index is 0.0324. The van der Waals surface area contributed by atoms with Crippen molar-refractivity contribution in [1.29, 1.82) is 0 Å². The maximum absolute atomic E-state index is 10.6. The Morgan fingerprint density at radius 2 is 1.74 bits per heavy atom. The molecule has 31 heavy (non-hydrogen) atoms. The summed E-state index contributed by atoms with van der Waals surface area (Å²) in [7, 11) is 1.58. The zero-order valence-corrected chi connectivity index (χ0v) is 17.8. The summed E-state index contributed by atoms with van der Waals surface area (Å²) in [6, 6.07) is 19.8. The Labute approximate surface area is 185 Å². The van der Waals surface area contributed by atoms with E-state index >= 15 is 0 Å². The number of methoxy groups -OCH3 is 1. The number of aryl methyl sites for hydroxylation is 1. The zero-order chi connectivity index (χ0) is 21.8. The number of hydrogen-bond donors (Lipinski definition) is 2. The van der Waals surface area contributed by atoms with Gasteiger partial charge < -0.3 is 19.3 Å². The number of aromatic amines is 1. The van der Waals surface area contributed by atoms with Crippen LogP contribution in [0.5, 0.6) is 28.7 Å². The van der Waals surface area contributed by atoms with Crippen LogP contribution in [0.15, 0.2) is 66.7 Å². The SMILES string of the molecule is COc1ccccc1Oc1c(-c2ccc(OCc3ccc(Cl)cc3)cc2O)n[nH]c1C. The predicted molar refractivity (Wildman–Crippen MR) is 119 cm³/mol. The lowest BCUT2D eigenvalue weighted by molar-refractivity contribution is 0.304. The highest BCUT2D eigenvalue weighted by Crippen LogP contribution is 2.41. The minimum atomic E-state index is 0.0324. The van der Waals surface area contributed by atoms with E-state index in [9.17, 15) is 5.11 Å². The van der Waals surface area contributed by atoms with Gasteiger partial charge >= 0.3 is 0 Å². The summed E-state index contributed by atoms with van der Waals surface area (Å²) in [6.45, 7) is 2.21. The van der Waals surface area contributed by atoms with Crippen LogP contribution in [0.4, 0.5) is 0 Å². The number of halogens is 1. The van der Waals surface area contributed by atoms with Crippen LogP contribution in [0, 0.1) is 6.92 Å². The van der Waals surface area contributed by atoms with Crippen molar-refractivity contribution in [3.05, 3.63) is 83.0 Å². The van der Waals surface area contributed by atoms with E-state index in [-0.39, 0.29) is 5.75 Å². The van der Waals surface area contributed by atoms with E-state index < -0.39 is 0 Å². The van der Waals surface area contributed by atoms with E-state index in [1.807, 2.05) is 55.5 Å². The fourth-order valence-electron chi connectivity index (χ4n) is 3.09. The second-order valence-corrected chi connectivity index (χ2v) is 7.31. The molecule has 0 amide bonds. The van der Waals surface area contributed by atoms with Crippen molar-refractivity contribution < 1.29 is 19.3 Å². The van der Waals surface area contributed by atoms with E-state index in [0.29, 0.717) is 45.9 Å². The highest BCUT2D eigenvalue weighted by molar-refractivity contribution is 6.30. The maximum Gasteiger partial charge on any atom is 0.176 e. The number of aromatic hydroxyl groups is 1. The molecule has 0 fully saturated rings. The quantitative estimate of drug-likeness (QED) is 0.364. The molecule has 0 bridgehead atoms. The molecule has 0 aliphatic rings. The molecular weight excluding hydrogens is 416 g/mol. The van der Waals surface area contributed by atoms with E-state index in [2.05, 4.69) is 10.2 Å². The molecule has 0 unspecified atom stereocenters. The molecule has 0 atom stereocenters. The summed E-state index contributed by atoms with van der Waals surface area (Å²) in [5, 5.41) is 18.6. The van der Waals surface area contributed by atoms with Crippen LogP contribution in [0.3, 0.4) is 0 Å². The number of ether oxygens (including phenoxy) is 3. The molecule has 158 valence electrons. The highest BCUT2D eigenvalue weighted by atomic mass is 35.5. The molecule has 0 aliphatic heterocycles. The molecular formula is C24H21ClN2O4. The number of rotatable bonds is 7. The summed E-state index contributed by atoms with van der Waals surface area (Å²) >= 11 is 5.91. The van der Waals surface area contributed by atoms with Crippen molar-refractivity contribution in [3.8, 4) is 40.0 Å². The Morgan fingerprint density at radius 1 is 1.00 bits per heavy atom. The van der Waals surface area contributed by atoms with Crippen molar-refractivity contribution in [2.45, 2.75) is 13.5 Å². The molecule has 1 heterocycles. The molecule has 0 saturated heterocycles. The standard InChI is InChI=1S/C24H21ClN2O4/c1-15-24(31-22-6-4-3-5-21(22)29-2)23(27-26-15)19-12-11-18(13-20(19)28)30-14-16-7-9-17(25)10-8-16/h3-13,28H,14H2,1-2H3,(H,26,27). The topological polar surface area (TPSA) is 76.6 Å². The number of nitrogens with one attached hydrogen (secondary N) is 1. The molecule has 1 aromatic heterocycles. The molecule has 0 saturated carbocycles. The number of phenols is 1. The Morgan fingerprint density at radius 3 is 2.45 bits per heavy atom. The first-order valence-electron chi connectivity index (χ1n) is 9.61. The lowest BCUT2D eigenvalue weighted by atomic mass is 10.1. The lowest BCUT2D eigenvalue weighted by Gasteiger charge is -2.12. The van der Waals surface area contributed by atoms with Gasteiger partial charge in [0.2, 0.25) is 0 Å². The number of para-hydroxylation sites is 2. The Kier molecular flexibility index (Phi) is 6.00. The van der Waals surface area contributed by atoms with Crippen molar-refractivity contribution >= 4 is 11.6 Å². The fraction of sp³-hybridized carbons (Fsp3) is 0.125. The fourth-order valence-corrected chi connectivity index (χ4v) is 3.21. The first kappa shape index (κ1) is 20.6. The number of H-pyrrole nitrogens is 1. The van der Waals surface area contributed by atoms with Crippen LogP contribution in [-0.4, -0.2) is 22.4 Å². The molecule has 7 heteroatoms. The molecule has 4 rings (SSSR count). The van der Waals surface area contributed by atoms with Crippen molar-refractivity contribution in [2.75, 3.05) is 7.11 Å². The Bertz CT molecular complexity index is 1190. The van der Waals surface area contributed by atoms with E-state index in [1.54, 1.807) is 25.3 Å². The van der Waals surface area contributed by atoms with Crippen molar-refractivity contribution in [3.63, 3.8) is 0 Å².